The highest BCUT2D eigenvalue weighted by molar-refractivity contribution is 7.89. The predicted octanol–water partition coefficient (Wildman–Crippen LogP) is 0.0862. The molecular formula is C16H17ClN5O4S-. The molecule has 4 N–H and O–H groups in total. The molecule has 1 atom stereocenters. The Balaban J connectivity index is 2.16. The molecule has 1 aromatic carbocycles. The van der Waals surface area contributed by atoms with E-state index in [2.05, 4.69) is 9.98 Å². The van der Waals surface area contributed by atoms with E-state index in [4.69, 9.17) is 23.1 Å². The molecule has 1 unspecified atom stereocenters. The van der Waals surface area contributed by atoms with E-state index < -0.39 is 22.0 Å². The van der Waals surface area contributed by atoms with Crippen molar-refractivity contribution in [2.45, 2.75) is 30.2 Å². The van der Waals surface area contributed by atoms with Crippen molar-refractivity contribution in [3.8, 4) is 0 Å². The van der Waals surface area contributed by atoms with Gasteiger partial charge in [0.05, 0.1) is 21.9 Å². The maximum atomic E-state index is 13.1. The number of carboxylic acids is 1. The number of nitrogens with zero attached hydrogens (tertiary/aromatic N) is 3. The summed E-state index contributed by atoms with van der Waals surface area (Å²) in [6.45, 7) is 0.105. The van der Waals surface area contributed by atoms with Gasteiger partial charge in [-0.25, -0.2) is 13.4 Å². The fourth-order valence-corrected chi connectivity index (χ4v) is 5.00. The lowest BCUT2D eigenvalue weighted by Crippen LogP contribution is -2.52. The maximum absolute atomic E-state index is 13.1. The Kier molecular flexibility index (Phi) is 5.22. The molecule has 1 aromatic heterocycles. The average Bonchev–Trinajstić information content (AvgIpc) is 2.63. The maximum Gasteiger partial charge on any atom is 0.243 e. The zero-order valence-corrected chi connectivity index (χ0v) is 15.7. The number of nitrogens with two attached hydrogens (primary N) is 2. The molecule has 0 aliphatic carbocycles. The monoisotopic (exact) mass is 410 g/mol. The van der Waals surface area contributed by atoms with Gasteiger partial charge in [-0.3, -0.25) is 0 Å². The van der Waals surface area contributed by atoms with Gasteiger partial charge in [0.1, 0.15) is 0 Å². The van der Waals surface area contributed by atoms with Gasteiger partial charge in [0.2, 0.25) is 10.0 Å². The van der Waals surface area contributed by atoms with Crippen LogP contribution >= 0.6 is 11.6 Å². The second-order valence-electron chi connectivity index (χ2n) is 6.12. The van der Waals surface area contributed by atoms with Gasteiger partial charge in [0, 0.05) is 23.5 Å². The number of hydrogen-bond acceptors (Lipinski definition) is 6. The lowest BCUT2D eigenvalue weighted by Gasteiger charge is -2.35. The Morgan fingerprint density at radius 1 is 1.30 bits per heavy atom. The Labute approximate surface area is 160 Å². The summed E-state index contributed by atoms with van der Waals surface area (Å²) in [6.07, 6.45) is 2.76. The minimum Gasteiger partial charge on any atom is -0.548 e. The molecule has 0 saturated carbocycles. The molecule has 1 aliphatic heterocycles. The number of carbonyl (C=O) groups is 1. The highest BCUT2D eigenvalue weighted by Gasteiger charge is 2.34. The first-order valence-electron chi connectivity index (χ1n) is 8.12. The second-order valence-corrected chi connectivity index (χ2v) is 8.42. The minimum atomic E-state index is -4.08. The minimum absolute atomic E-state index is 0.0979. The van der Waals surface area contributed by atoms with Crippen LogP contribution in [0.2, 0.25) is 5.02 Å². The SMILES string of the molecule is NC(N)=Nc1ncc(Cl)c2ccc(S(=O)(=O)N3CCCCC3C(=O)[O-])cc12. The summed E-state index contributed by atoms with van der Waals surface area (Å²) in [5.41, 5.74) is 10.8. The van der Waals surface area contributed by atoms with Crippen molar-refractivity contribution in [1.82, 2.24) is 9.29 Å². The molecule has 0 bridgehead atoms. The summed E-state index contributed by atoms with van der Waals surface area (Å²) >= 11 is 6.13. The van der Waals surface area contributed by atoms with E-state index in [0.29, 0.717) is 28.6 Å². The number of benzene rings is 1. The number of pyridine rings is 1. The number of fused-ring (bicyclic) bond motifs is 1. The van der Waals surface area contributed by atoms with Crippen LogP contribution < -0.4 is 16.6 Å². The summed E-state index contributed by atoms with van der Waals surface area (Å²) in [6, 6.07) is 3.01. The molecule has 2 aromatic rings. The van der Waals surface area contributed by atoms with E-state index in [1.165, 1.54) is 24.4 Å². The molecule has 0 spiro atoms. The van der Waals surface area contributed by atoms with Gasteiger partial charge in [-0.1, -0.05) is 24.1 Å². The van der Waals surface area contributed by atoms with Gasteiger partial charge in [-0.2, -0.15) is 9.30 Å². The number of aliphatic carboxylic acids is 1. The number of halogens is 1. The summed E-state index contributed by atoms with van der Waals surface area (Å²) in [5, 5.41) is 12.5. The van der Waals surface area contributed by atoms with Crippen LogP contribution in [0.3, 0.4) is 0 Å². The largest absolute Gasteiger partial charge is 0.548 e. The summed E-state index contributed by atoms with van der Waals surface area (Å²) in [7, 11) is -4.08. The van der Waals surface area contributed by atoms with E-state index >= 15 is 0 Å². The molecule has 11 heteroatoms. The summed E-state index contributed by atoms with van der Waals surface area (Å²) in [4.78, 5) is 19.2. The first kappa shape index (κ1) is 19.3. The first-order chi connectivity index (χ1) is 12.7. The molecular weight excluding hydrogens is 394 g/mol. The van der Waals surface area contributed by atoms with E-state index in [1.807, 2.05) is 0 Å². The average molecular weight is 411 g/mol. The van der Waals surface area contributed by atoms with Gasteiger partial charge >= 0.3 is 0 Å². The molecule has 1 fully saturated rings. The Morgan fingerprint density at radius 3 is 2.70 bits per heavy atom. The number of rotatable bonds is 4. The van der Waals surface area contributed by atoms with E-state index in [9.17, 15) is 18.3 Å². The number of carboxylic acid groups (broad SMARTS) is 1. The van der Waals surface area contributed by atoms with Crippen molar-refractivity contribution in [3.63, 3.8) is 0 Å². The topological polar surface area (TPSA) is 155 Å². The van der Waals surface area contributed by atoms with Gasteiger partial charge < -0.3 is 21.4 Å². The lowest BCUT2D eigenvalue weighted by molar-refractivity contribution is -0.311. The van der Waals surface area contributed by atoms with Crippen molar-refractivity contribution in [3.05, 3.63) is 29.4 Å². The number of piperidine rings is 1. The zero-order chi connectivity index (χ0) is 19.8. The molecule has 1 aliphatic rings. The fourth-order valence-electron chi connectivity index (χ4n) is 3.11. The number of aromatic nitrogens is 1. The van der Waals surface area contributed by atoms with Crippen LogP contribution in [0, 0.1) is 0 Å². The van der Waals surface area contributed by atoms with Crippen molar-refractivity contribution >= 4 is 50.1 Å². The van der Waals surface area contributed by atoms with Gasteiger partial charge in [-0.15, -0.1) is 0 Å². The lowest BCUT2D eigenvalue weighted by atomic mass is 10.1. The number of aliphatic imine (C=N–C) groups is 1. The van der Waals surface area contributed by atoms with Crippen LogP contribution in [0.25, 0.3) is 10.8 Å². The van der Waals surface area contributed by atoms with Crippen molar-refractivity contribution in [2.75, 3.05) is 6.54 Å². The van der Waals surface area contributed by atoms with E-state index in [-0.39, 0.29) is 29.6 Å². The van der Waals surface area contributed by atoms with Crippen LogP contribution in [-0.2, 0) is 14.8 Å². The quantitative estimate of drug-likeness (QED) is 0.534. The third-order valence-corrected chi connectivity index (χ3v) is 6.56. The molecule has 0 radical (unpaired) electrons. The zero-order valence-electron chi connectivity index (χ0n) is 14.1. The first-order valence-corrected chi connectivity index (χ1v) is 9.94. The Morgan fingerprint density at radius 2 is 2.04 bits per heavy atom. The molecule has 0 amide bonds. The van der Waals surface area contributed by atoms with Gasteiger partial charge in [0.25, 0.3) is 0 Å². The highest BCUT2D eigenvalue weighted by atomic mass is 35.5. The van der Waals surface area contributed by atoms with Crippen molar-refractivity contribution in [2.24, 2.45) is 16.5 Å². The number of hydrogen-bond donors (Lipinski definition) is 2. The van der Waals surface area contributed by atoms with Crippen LogP contribution in [0.1, 0.15) is 19.3 Å². The van der Waals surface area contributed by atoms with E-state index in [1.54, 1.807) is 0 Å². The highest BCUT2D eigenvalue weighted by Crippen LogP contribution is 2.33. The van der Waals surface area contributed by atoms with Crippen molar-refractivity contribution in [1.29, 1.82) is 0 Å². The third-order valence-electron chi connectivity index (χ3n) is 4.36. The molecule has 2 heterocycles. The number of sulfonamides is 1. The van der Waals surface area contributed by atoms with Crippen LogP contribution in [0.15, 0.2) is 34.3 Å². The molecule has 144 valence electrons. The van der Waals surface area contributed by atoms with Gasteiger partial charge in [-0.05, 0) is 25.0 Å². The fraction of sp³-hybridized carbons (Fsp3) is 0.312. The standard InChI is InChI=1S/C16H18ClN5O4S/c17-12-8-20-14(21-16(18)19)11-7-9(4-5-10(11)12)27(25,26)22-6-2-1-3-13(22)15(23)24/h4-5,7-8,13H,1-3,6H2,(H,23,24)(H4,18,19,20,21)/p-1. The normalized spacial score (nSPS) is 18.3. The second kappa shape index (κ2) is 7.29. The number of guanidine groups is 1. The molecule has 1 saturated heterocycles. The summed E-state index contributed by atoms with van der Waals surface area (Å²) < 4.78 is 27.1. The van der Waals surface area contributed by atoms with Gasteiger partial charge in [0.15, 0.2) is 11.8 Å². The third kappa shape index (κ3) is 3.68. The van der Waals surface area contributed by atoms with Crippen LogP contribution in [-0.4, -0.2) is 42.2 Å². The molecule has 27 heavy (non-hydrogen) atoms. The van der Waals surface area contributed by atoms with Crippen molar-refractivity contribution < 1.29 is 18.3 Å². The number of carbonyl (C=O) groups excluding carboxylic acids is 1. The Hall–Kier alpha value is -2.43. The molecule has 9 nitrogen and oxygen atoms in total. The van der Waals surface area contributed by atoms with Crippen LogP contribution in [0.5, 0.6) is 0 Å². The smallest absolute Gasteiger partial charge is 0.243 e. The van der Waals surface area contributed by atoms with Crippen LogP contribution in [0.4, 0.5) is 5.82 Å². The van der Waals surface area contributed by atoms with E-state index in [0.717, 1.165) is 4.31 Å². The predicted molar refractivity (Wildman–Crippen MR) is 98.8 cm³/mol. The molecule has 3 rings (SSSR count). The Bertz CT molecular complexity index is 1040. The summed E-state index contributed by atoms with van der Waals surface area (Å²) in [5.74, 6) is -1.54.